The van der Waals surface area contributed by atoms with E-state index in [1.807, 2.05) is 0 Å². The number of aromatic hydroxyl groups is 4. The van der Waals surface area contributed by atoms with Gasteiger partial charge in [-0.05, 0) is 24.1 Å². The lowest BCUT2D eigenvalue weighted by Crippen LogP contribution is -2.60. The molecule has 0 aliphatic carbocycles. The molecule has 1 heterocycles. The Morgan fingerprint density at radius 3 is 2.12 bits per heavy atom. The van der Waals surface area contributed by atoms with Crippen LogP contribution in [0.5, 0.6) is 28.7 Å². The summed E-state index contributed by atoms with van der Waals surface area (Å²) in [5, 5.41) is 78.2. The van der Waals surface area contributed by atoms with Crippen molar-refractivity contribution < 1.29 is 55.1 Å². The minimum absolute atomic E-state index is 0.127. The molecule has 11 heteroatoms. The molecule has 8 N–H and O–H groups in total. The second-order valence-electron chi connectivity index (χ2n) is 7.40. The van der Waals surface area contributed by atoms with Crippen molar-refractivity contribution in [2.45, 2.75) is 43.5 Å². The molecule has 5 atom stereocenters. The molecule has 0 saturated carbocycles. The summed E-state index contributed by atoms with van der Waals surface area (Å²) in [7, 11) is 0. The Labute approximate surface area is 182 Å². The van der Waals surface area contributed by atoms with Crippen LogP contribution < -0.4 is 4.74 Å². The predicted octanol–water partition coefficient (Wildman–Crippen LogP) is -0.497. The number of phenolic OH excluding ortho intramolecular Hbond substituents is 4. The maximum atomic E-state index is 12.5. The number of carbonyl (C=O) groups is 1. The molecule has 0 radical (unpaired) electrons. The van der Waals surface area contributed by atoms with Crippen LogP contribution in [0.4, 0.5) is 0 Å². The maximum absolute atomic E-state index is 12.5. The molecule has 0 unspecified atom stereocenters. The average molecular weight is 452 g/mol. The molecule has 1 aliphatic heterocycles. The lowest BCUT2D eigenvalue weighted by molar-refractivity contribution is -0.277. The third-order valence-electron chi connectivity index (χ3n) is 5.13. The molecule has 1 saturated heterocycles. The van der Waals surface area contributed by atoms with Gasteiger partial charge in [0.1, 0.15) is 47.2 Å². The van der Waals surface area contributed by atoms with Gasteiger partial charge in [0, 0.05) is 18.6 Å². The lowest BCUT2D eigenvalue weighted by atomic mass is 9.99. The number of benzene rings is 2. The van der Waals surface area contributed by atoms with E-state index in [1.165, 1.54) is 18.2 Å². The summed E-state index contributed by atoms with van der Waals surface area (Å²) >= 11 is 0. The van der Waals surface area contributed by atoms with E-state index >= 15 is 0 Å². The SMILES string of the molecule is O=C(CCc1ccc(O)c(O)c1)c1c(O)cc(O[C@H]2O[C@@H](CO)[C@H](O)[C@H](O)[C@@H]2O)cc1O. The van der Waals surface area contributed by atoms with E-state index in [9.17, 15) is 45.6 Å². The summed E-state index contributed by atoms with van der Waals surface area (Å²) in [5.74, 6) is -2.66. The van der Waals surface area contributed by atoms with Gasteiger partial charge in [0.15, 0.2) is 17.3 Å². The fourth-order valence-electron chi connectivity index (χ4n) is 3.35. The van der Waals surface area contributed by atoms with Crippen molar-refractivity contribution in [1.29, 1.82) is 0 Å². The van der Waals surface area contributed by atoms with Crippen LogP contribution in [0.15, 0.2) is 30.3 Å². The molecule has 2 aromatic carbocycles. The van der Waals surface area contributed by atoms with Crippen molar-refractivity contribution in [1.82, 2.24) is 0 Å². The van der Waals surface area contributed by atoms with Gasteiger partial charge in [-0.1, -0.05) is 6.07 Å². The van der Waals surface area contributed by atoms with Gasteiger partial charge in [-0.3, -0.25) is 4.79 Å². The van der Waals surface area contributed by atoms with Gasteiger partial charge in [0.2, 0.25) is 6.29 Å². The van der Waals surface area contributed by atoms with Crippen molar-refractivity contribution >= 4 is 5.78 Å². The molecule has 3 rings (SSSR count). The molecule has 32 heavy (non-hydrogen) atoms. The number of hydrogen-bond donors (Lipinski definition) is 8. The van der Waals surface area contributed by atoms with Gasteiger partial charge in [0.25, 0.3) is 0 Å². The zero-order chi connectivity index (χ0) is 23.6. The highest BCUT2D eigenvalue weighted by atomic mass is 16.7. The van der Waals surface area contributed by atoms with Gasteiger partial charge in [-0.15, -0.1) is 0 Å². The van der Waals surface area contributed by atoms with Gasteiger partial charge in [-0.2, -0.15) is 0 Å². The van der Waals surface area contributed by atoms with E-state index in [0.717, 1.165) is 12.1 Å². The zero-order valence-corrected chi connectivity index (χ0v) is 16.7. The molecule has 0 amide bonds. The monoisotopic (exact) mass is 452 g/mol. The van der Waals surface area contributed by atoms with Crippen LogP contribution in [0.1, 0.15) is 22.3 Å². The van der Waals surface area contributed by atoms with E-state index in [1.54, 1.807) is 0 Å². The van der Waals surface area contributed by atoms with E-state index in [-0.39, 0.29) is 35.7 Å². The van der Waals surface area contributed by atoms with E-state index < -0.39 is 54.6 Å². The molecular weight excluding hydrogens is 428 g/mol. The summed E-state index contributed by atoms with van der Waals surface area (Å²) < 4.78 is 10.5. The van der Waals surface area contributed by atoms with Gasteiger partial charge < -0.3 is 50.3 Å². The van der Waals surface area contributed by atoms with Crippen LogP contribution in [0.2, 0.25) is 0 Å². The first-order valence-electron chi connectivity index (χ1n) is 9.69. The van der Waals surface area contributed by atoms with Crippen LogP contribution in [-0.4, -0.2) is 83.9 Å². The van der Waals surface area contributed by atoms with Crippen LogP contribution in [0.25, 0.3) is 0 Å². The van der Waals surface area contributed by atoms with Crippen molar-refractivity contribution in [2.75, 3.05) is 6.61 Å². The van der Waals surface area contributed by atoms with Gasteiger partial charge in [0.05, 0.1) is 6.61 Å². The molecule has 2 aromatic rings. The normalized spacial score (nSPS) is 25.4. The van der Waals surface area contributed by atoms with E-state index in [0.29, 0.717) is 5.56 Å². The number of aryl methyl sites for hydroxylation is 1. The topological polar surface area (TPSA) is 197 Å². The van der Waals surface area contributed by atoms with E-state index in [2.05, 4.69) is 0 Å². The molecule has 1 fully saturated rings. The number of Topliss-reactive ketones (excluding diaryl/α,β-unsaturated/α-hetero) is 1. The standard InChI is InChI=1S/C21H24O11/c22-8-16-18(28)19(29)20(30)21(32-16)31-10-6-14(26)17(15(27)7-10)12(24)4-2-9-1-3-11(23)13(25)5-9/h1,3,5-7,16,18-23,25-30H,2,4,8H2/t16-,18-,19-,20-,21-/m0/s1. The summed E-state index contributed by atoms with van der Waals surface area (Å²) in [6, 6.07) is 6.08. The number of hydrogen-bond acceptors (Lipinski definition) is 11. The number of ketones is 1. The van der Waals surface area contributed by atoms with Crippen LogP contribution in [0, 0.1) is 0 Å². The van der Waals surface area contributed by atoms with Crippen molar-refractivity contribution in [3.05, 3.63) is 41.5 Å². The Kier molecular flexibility index (Phi) is 7.06. The van der Waals surface area contributed by atoms with Crippen LogP contribution in [-0.2, 0) is 11.2 Å². The summed E-state index contributed by atoms with van der Waals surface area (Å²) in [6.07, 6.45) is -7.65. The minimum Gasteiger partial charge on any atom is -0.507 e. The van der Waals surface area contributed by atoms with E-state index in [4.69, 9.17) is 9.47 Å². The minimum atomic E-state index is -1.69. The highest BCUT2D eigenvalue weighted by Crippen LogP contribution is 2.35. The number of aliphatic hydroxyl groups excluding tert-OH is 4. The Balaban J connectivity index is 1.71. The lowest BCUT2D eigenvalue weighted by Gasteiger charge is -2.39. The zero-order valence-electron chi connectivity index (χ0n) is 16.7. The largest absolute Gasteiger partial charge is 0.507 e. The van der Waals surface area contributed by atoms with Gasteiger partial charge in [-0.25, -0.2) is 0 Å². The molecule has 174 valence electrons. The Hall–Kier alpha value is -3.09. The Bertz CT molecular complexity index is 951. The third-order valence-corrected chi connectivity index (χ3v) is 5.13. The average Bonchev–Trinajstić information content (AvgIpc) is 2.74. The van der Waals surface area contributed by atoms with Crippen molar-refractivity contribution in [3.8, 4) is 28.7 Å². The van der Waals surface area contributed by atoms with Crippen molar-refractivity contribution in [2.24, 2.45) is 0 Å². The number of rotatable bonds is 7. The molecular formula is C21H24O11. The molecule has 0 bridgehead atoms. The molecule has 1 aliphatic rings. The maximum Gasteiger partial charge on any atom is 0.229 e. The fourth-order valence-corrected chi connectivity index (χ4v) is 3.35. The smallest absolute Gasteiger partial charge is 0.229 e. The first-order valence-corrected chi connectivity index (χ1v) is 9.69. The molecule has 11 nitrogen and oxygen atoms in total. The second-order valence-corrected chi connectivity index (χ2v) is 7.40. The predicted molar refractivity (Wildman–Crippen MR) is 107 cm³/mol. The quantitative estimate of drug-likeness (QED) is 0.199. The Morgan fingerprint density at radius 2 is 1.53 bits per heavy atom. The fraction of sp³-hybridized carbons (Fsp3) is 0.381. The second kappa shape index (κ2) is 9.59. The number of phenols is 4. The molecule has 0 spiro atoms. The molecule has 0 aromatic heterocycles. The Morgan fingerprint density at radius 1 is 0.875 bits per heavy atom. The number of ether oxygens (including phenoxy) is 2. The first-order chi connectivity index (χ1) is 15.1. The highest BCUT2D eigenvalue weighted by molar-refractivity contribution is 6.01. The van der Waals surface area contributed by atoms with Crippen LogP contribution in [0.3, 0.4) is 0 Å². The van der Waals surface area contributed by atoms with Crippen LogP contribution >= 0.6 is 0 Å². The number of carbonyl (C=O) groups excluding carboxylic acids is 1. The first kappa shape index (κ1) is 23.6. The third kappa shape index (κ3) is 4.87. The van der Waals surface area contributed by atoms with Crippen molar-refractivity contribution in [3.63, 3.8) is 0 Å². The summed E-state index contributed by atoms with van der Waals surface area (Å²) in [5.41, 5.74) is 0.185. The highest BCUT2D eigenvalue weighted by Gasteiger charge is 2.44. The number of aliphatic hydroxyl groups is 4. The summed E-state index contributed by atoms with van der Waals surface area (Å²) in [6.45, 7) is -0.659. The summed E-state index contributed by atoms with van der Waals surface area (Å²) in [4.78, 5) is 12.5. The van der Waals surface area contributed by atoms with Gasteiger partial charge >= 0.3 is 0 Å².